The van der Waals surface area contributed by atoms with Crippen molar-refractivity contribution in [2.45, 2.75) is 65.5 Å². The van der Waals surface area contributed by atoms with Crippen molar-refractivity contribution >= 4 is 20.7 Å². The second-order valence-corrected chi connectivity index (χ2v) is 29.3. The van der Waals surface area contributed by atoms with Crippen LogP contribution < -0.4 is 0 Å². The van der Waals surface area contributed by atoms with Crippen molar-refractivity contribution in [3.63, 3.8) is 0 Å². The summed E-state index contributed by atoms with van der Waals surface area (Å²) in [5, 5.41) is 0. The second-order valence-electron chi connectivity index (χ2n) is 7.70. The first-order valence-electron chi connectivity index (χ1n) is 9.22. The molecule has 0 aliphatic heterocycles. The molecule has 23 heavy (non-hydrogen) atoms. The Labute approximate surface area is 148 Å². The molecule has 0 fully saturated rings. The van der Waals surface area contributed by atoms with E-state index in [4.69, 9.17) is 17.0 Å². The van der Waals surface area contributed by atoms with Crippen LogP contribution in [0.15, 0.2) is 46.6 Å². The van der Waals surface area contributed by atoms with Gasteiger partial charge in [-0.15, -0.1) is 0 Å². The Morgan fingerprint density at radius 1 is 0.826 bits per heavy atom. The first-order chi connectivity index (χ1) is 11.0. The van der Waals surface area contributed by atoms with Gasteiger partial charge in [0.2, 0.25) is 0 Å². The summed E-state index contributed by atoms with van der Waals surface area (Å²) >= 11 is -4.11. The Kier molecular flexibility index (Phi) is 4.32. The molecule has 0 nitrogen and oxygen atoms in total. The zero-order valence-electron chi connectivity index (χ0n) is 14.0. The number of hydrogen-bond donors (Lipinski definition) is 0. The van der Waals surface area contributed by atoms with Gasteiger partial charge in [0.05, 0.1) is 0 Å². The molecule has 4 aliphatic rings. The predicted molar refractivity (Wildman–Crippen MR) is 100 cm³/mol. The quantitative estimate of drug-likeness (QED) is 0.434. The summed E-state index contributed by atoms with van der Waals surface area (Å²) < 4.78 is 2.93. The van der Waals surface area contributed by atoms with Crippen molar-refractivity contribution < 1.29 is 15.9 Å². The Balaban J connectivity index is 1.81. The third kappa shape index (κ3) is 2.53. The Hall–Kier alpha value is 0.293. The fourth-order valence-corrected chi connectivity index (χ4v) is 20.0. The molecule has 4 rings (SSSR count). The molecule has 0 aromatic carbocycles. The van der Waals surface area contributed by atoms with Crippen molar-refractivity contribution in [1.82, 2.24) is 0 Å². The number of allylic oxidation sites excluding steroid dienone is 8. The number of rotatable bonds is 2. The summed E-state index contributed by atoms with van der Waals surface area (Å²) in [6.07, 6.45) is 19.5. The van der Waals surface area contributed by atoms with Gasteiger partial charge in [-0.2, -0.15) is 0 Å². The second kappa shape index (κ2) is 5.93. The summed E-state index contributed by atoms with van der Waals surface area (Å²) in [5.74, 6) is 0. The van der Waals surface area contributed by atoms with E-state index in [0.29, 0.717) is 7.25 Å². The van der Waals surface area contributed by atoms with Crippen LogP contribution in [-0.4, -0.2) is 3.71 Å². The molecule has 124 valence electrons. The number of hydrogen-bond acceptors (Lipinski definition) is 0. The van der Waals surface area contributed by atoms with Gasteiger partial charge in [0.1, 0.15) is 0 Å². The molecule has 4 aliphatic carbocycles. The van der Waals surface area contributed by atoms with Gasteiger partial charge >= 0.3 is 149 Å². The molecular formula is C20H26Cl2Zr. The van der Waals surface area contributed by atoms with Crippen LogP contribution in [0.25, 0.3) is 0 Å². The molecule has 0 spiro atoms. The van der Waals surface area contributed by atoms with Gasteiger partial charge in [0, 0.05) is 0 Å². The molecule has 0 heterocycles. The molecule has 0 bridgehead atoms. The molecule has 2 atom stereocenters. The van der Waals surface area contributed by atoms with Gasteiger partial charge in [0.25, 0.3) is 0 Å². The molecule has 3 heteroatoms. The van der Waals surface area contributed by atoms with Gasteiger partial charge in [-0.3, -0.25) is 0 Å². The van der Waals surface area contributed by atoms with E-state index < -0.39 is 15.9 Å². The molecule has 0 radical (unpaired) electrons. The maximum absolute atomic E-state index is 7.58. The van der Waals surface area contributed by atoms with Crippen molar-refractivity contribution in [3.05, 3.63) is 46.6 Å². The van der Waals surface area contributed by atoms with Crippen molar-refractivity contribution in [2.24, 2.45) is 0 Å². The normalized spacial score (nSPS) is 30.8. The van der Waals surface area contributed by atoms with Crippen molar-refractivity contribution in [1.29, 1.82) is 0 Å². The topological polar surface area (TPSA) is 0 Å². The summed E-state index contributed by atoms with van der Waals surface area (Å²) in [7, 11) is 15.2. The van der Waals surface area contributed by atoms with E-state index in [2.05, 4.69) is 34.9 Å². The van der Waals surface area contributed by atoms with Gasteiger partial charge < -0.3 is 0 Å². The fourth-order valence-electron chi connectivity index (χ4n) is 5.24. The van der Waals surface area contributed by atoms with Gasteiger partial charge in [-0.25, -0.2) is 0 Å². The fraction of sp³-hybridized carbons (Fsp3) is 0.550. The summed E-state index contributed by atoms with van der Waals surface area (Å²) in [6.45, 7) is 2.13. The molecule has 0 aromatic rings. The first-order valence-corrected chi connectivity index (χ1v) is 19.8. The van der Waals surface area contributed by atoms with E-state index in [-0.39, 0.29) is 0 Å². The van der Waals surface area contributed by atoms with Crippen LogP contribution in [-0.2, 0) is 15.9 Å². The Morgan fingerprint density at radius 3 is 1.70 bits per heavy atom. The van der Waals surface area contributed by atoms with Crippen molar-refractivity contribution in [3.8, 4) is 0 Å². The average Bonchev–Trinajstić information content (AvgIpc) is 3.20. The third-order valence-corrected chi connectivity index (χ3v) is 25.9. The molecule has 0 amide bonds. The minimum atomic E-state index is -4.11. The van der Waals surface area contributed by atoms with Crippen LogP contribution in [0.2, 0.25) is 7.25 Å². The summed E-state index contributed by atoms with van der Waals surface area (Å²) in [6, 6.07) is 0. The van der Waals surface area contributed by atoms with E-state index in [9.17, 15) is 0 Å². The molecule has 0 N–H and O–H groups in total. The molecule has 2 unspecified atom stereocenters. The molecule has 0 saturated carbocycles. The van der Waals surface area contributed by atoms with E-state index in [1.54, 1.807) is 22.3 Å². The van der Waals surface area contributed by atoms with Gasteiger partial charge in [-0.1, -0.05) is 0 Å². The number of halogens is 2. The van der Waals surface area contributed by atoms with Crippen LogP contribution in [0.3, 0.4) is 0 Å². The maximum atomic E-state index is 7.58. The zero-order chi connectivity index (χ0) is 16.1. The third-order valence-electron chi connectivity index (χ3n) is 6.58. The van der Waals surface area contributed by atoms with E-state index in [0.717, 1.165) is 0 Å². The first kappa shape index (κ1) is 16.7. The zero-order valence-corrected chi connectivity index (χ0v) is 17.9. The summed E-state index contributed by atoms with van der Waals surface area (Å²) in [5.41, 5.74) is 6.26. The van der Waals surface area contributed by atoms with Crippen LogP contribution in [0.1, 0.15) is 58.3 Å². The van der Waals surface area contributed by atoms with Crippen molar-refractivity contribution in [2.75, 3.05) is 0 Å². The van der Waals surface area contributed by atoms with E-state index in [1.165, 1.54) is 51.4 Å². The van der Waals surface area contributed by atoms with E-state index in [1.807, 2.05) is 0 Å². The van der Waals surface area contributed by atoms with Crippen LogP contribution in [0.5, 0.6) is 0 Å². The standard InChI is InChI=1S/2C9H11.C2H4.2ClH.Zr/c2*1-2-5-9-7-3-6-8(9)4-1;1-2;;;/h2*3,6-7H,1-2,4-5H2;1H,2H3;2*1H;/q;;;;;+2/p-2. The summed E-state index contributed by atoms with van der Waals surface area (Å²) in [4.78, 5) is 0. The average molecular weight is 429 g/mol. The van der Waals surface area contributed by atoms with E-state index >= 15 is 0 Å². The van der Waals surface area contributed by atoms with Crippen LogP contribution >= 0.6 is 17.0 Å². The SMILES string of the molecule is C[CH]=[Zr]([Cl])([Cl])([CH]1C=CC2=C1CCCC2)[CH]1C=CC2=C1CCCC2. The Bertz CT molecular complexity index is 673. The van der Waals surface area contributed by atoms with Gasteiger partial charge in [-0.05, 0) is 0 Å². The monoisotopic (exact) mass is 426 g/mol. The molecule has 0 aromatic heterocycles. The minimum absolute atomic E-state index is 0.323. The molecular weight excluding hydrogens is 402 g/mol. The van der Waals surface area contributed by atoms with Crippen LogP contribution in [0.4, 0.5) is 0 Å². The molecule has 0 saturated heterocycles. The van der Waals surface area contributed by atoms with Gasteiger partial charge in [0.15, 0.2) is 0 Å². The predicted octanol–water partition coefficient (Wildman–Crippen LogP) is 7.26. The van der Waals surface area contributed by atoms with Crippen LogP contribution in [0, 0.1) is 0 Å². The Morgan fingerprint density at radius 2 is 1.26 bits per heavy atom.